The Morgan fingerprint density at radius 3 is 2.00 bits per heavy atom. The molecule has 1 N–H and O–H groups in total. The van der Waals surface area contributed by atoms with Crippen LogP contribution in [0.3, 0.4) is 0 Å². The molecule has 22 heavy (non-hydrogen) atoms. The molecule has 0 atom stereocenters. The zero-order valence-corrected chi connectivity index (χ0v) is 16.7. The van der Waals surface area contributed by atoms with Crippen molar-refractivity contribution >= 4 is 30.9 Å². The van der Waals surface area contributed by atoms with Crippen LogP contribution in [0.5, 0.6) is 0 Å². The molecule has 0 saturated carbocycles. The van der Waals surface area contributed by atoms with Crippen molar-refractivity contribution in [2.45, 2.75) is 52.0 Å². The van der Waals surface area contributed by atoms with Crippen molar-refractivity contribution in [3.63, 3.8) is 0 Å². The highest BCUT2D eigenvalue weighted by molar-refractivity contribution is 7.86. The maximum absolute atomic E-state index is 11.8. The molecular formula is C17H28O3SSi. The first-order valence-corrected chi connectivity index (χ1v) is 10.5. The molecule has 0 aliphatic heterocycles. The summed E-state index contributed by atoms with van der Waals surface area (Å²) in [5.74, 6) is 0. The molecule has 5 heteroatoms. The van der Waals surface area contributed by atoms with E-state index in [9.17, 15) is 13.0 Å². The maximum Gasteiger partial charge on any atom is 0.294 e. The quantitative estimate of drug-likeness (QED) is 0.676. The van der Waals surface area contributed by atoms with E-state index in [-0.39, 0.29) is 15.7 Å². The molecule has 0 bridgehead atoms. The Labute approximate surface area is 137 Å². The lowest BCUT2D eigenvalue weighted by molar-refractivity contribution is 0.233. The van der Waals surface area contributed by atoms with Gasteiger partial charge in [0.1, 0.15) is 0 Å². The second kappa shape index (κ2) is 6.30. The van der Waals surface area contributed by atoms with Gasteiger partial charge in [-0.2, -0.15) is 8.42 Å². The van der Waals surface area contributed by atoms with Crippen molar-refractivity contribution in [1.82, 2.24) is 0 Å². The van der Waals surface area contributed by atoms with Crippen LogP contribution in [-0.4, -0.2) is 22.5 Å². The van der Waals surface area contributed by atoms with Crippen molar-refractivity contribution < 1.29 is 13.0 Å². The van der Waals surface area contributed by atoms with Gasteiger partial charge in [-0.1, -0.05) is 72.4 Å². The Bertz CT molecular complexity index is 635. The molecule has 3 nitrogen and oxygen atoms in total. The number of rotatable bonds is 4. The van der Waals surface area contributed by atoms with Gasteiger partial charge in [-0.05, 0) is 27.1 Å². The predicted octanol–water partition coefficient (Wildman–Crippen LogP) is 3.25. The van der Waals surface area contributed by atoms with Gasteiger partial charge in [-0.3, -0.25) is 4.55 Å². The van der Waals surface area contributed by atoms with Crippen molar-refractivity contribution in [2.24, 2.45) is 10.8 Å². The standard InChI is InChI=1S/C17H28O3SSi/c1-8-12-10-9-11-13(14(12)21(18,19)20)22-15(16(2,3)4)17(5,6)7/h8-11,15H,1,22H2,2-7H3,(H,18,19,20). The van der Waals surface area contributed by atoms with Crippen LogP contribution in [0.15, 0.2) is 29.7 Å². The van der Waals surface area contributed by atoms with Crippen LogP contribution in [0.25, 0.3) is 6.08 Å². The molecule has 0 aromatic heterocycles. The summed E-state index contributed by atoms with van der Waals surface area (Å²) in [6.07, 6.45) is 1.49. The number of hydrogen-bond acceptors (Lipinski definition) is 2. The molecular weight excluding hydrogens is 312 g/mol. The Kier molecular flexibility index (Phi) is 5.48. The minimum atomic E-state index is -4.25. The van der Waals surface area contributed by atoms with Crippen LogP contribution in [0.4, 0.5) is 0 Å². The van der Waals surface area contributed by atoms with Crippen LogP contribution in [-0.2, 0) is 10.1 Å². The zero-order valence-electron chi connectivity index (χ0n) is 14.5. The average Bonchev–Trinajstić information content (AvgIpc) is 2.31. The molecule has 1 aromatic rings. The Balaban J connectivity index is 3.48. The van der Waals surface area contributed by atoms with Gasteiger partial charge in [-0.25, -0.2) is 0 Å². The van der Waals surface area contributed by atoms with E-state index in [1.165, 1.54) is 6.08 Å². The fraction of sp³-hybridized carbons (Fsp3) is 0.529. The lowest BCUT2D eigenvalue weighted by Gasteiger charge is -2.41. The van der Waals surface area contributed by atoms with Crippen LogP contribution >= 0.6 is 0 Å². The van der Waals surface area contributed by atoms with E-state index in [0.29, 0.717) is 11.1 Å². The molecule has 0 heterocycles. The summed E-state index contributed by atoms with van der Waals surface area (Å²) in [7, 11) is -5.18. The van der Waals surface area contributed by atoms with Gasteiger partial charge >= 0.3 is 0 Å². The lowest BCUT2D eigenvalue weighted by Crippen LogP contribution is -2.38. The van der Waals surface area contributed by atoms with Crippen molar-refractivity contribution in [2.75, 3.05) is 0 Å². The molecule has 0 aliphatic carbocycles. The Morgan fingerprint density at radius 1 is 1.14 bits per heavy atom. The topological polar surface area (TPSA) is 54.4 Å². The second-order valence-electron chi connectivity index (χ2n) is 8.00. The van der Waals surface area contributed by atoms with Gasteiger partial charge in [0.25, 0.3) is 10.1 Å². The Morgan fingerprint density at radius 2 is 1.64 bits per heavy atom. The molecule has 0 amide bonds. The first-order chi connectivity index (χ1) is 9.78. The lowest BCUT2D eigenvalue weighted by atomic mass is 9.77. The van der Waals surface area contributed by atoms with E-state index in [2.05, 4.69) is 48.1 Å². The highest BCUT2D eigenvalue weighted by Gasteiger charge is 2.36. The molecule has 124 valence electrons. The molecule has 0 aliphatic rings. The normalized spacial score (nSPS) is 14.0. The highest BCUT2D eigenvalue weighted by Crippen LogP contribution is 2.44. The second-order valence-corrected chi connectivity index (χ2v) is 11.3. The number of hydrogen-bond donors (Lipinski definition) is 1. The van der Waals surface area contributed by atoms with Gasteiger partial charge in [0, 0.05) is 0 Å². The van der Waals surface area contributed by atoms with Crippen LogP contribution in [0, 0.1) is 10.8 Å². The van der Waals surface area contributed by atoms with E-state index in [1.54, 1.807) is 6.07 Å². The first kappa shape index (κ1) is 19.1. The van der Waals surface area contributed by atoms with Gasteiger partial charge in [0.2, 0.25) is 0 Å². The van der Waals surface area contributed by atoms with Gasteiger partial charge in [0.05, 0.1) is 14.4 Å². The zero-order chi connectivity index (χ0) is 17.3. The highest BCUT2D eigenvalue weighted by atomic mass is 32.2. The SMILES string of the molecule is C=Cc1cccc([SiH2]C(C(C)(C)C)C(C)(C)C)c1S(=O)(=O)O. The summed E-state index contributed by atoms with van der Waals surface area (Å²) in [5.41, 5.74) is 1.02. The summed E-state index contributed by atoms with van der Waals surface area (Å²) in [6.45, 7) is 16.8. The van der Waals surface area contributed by atoms with Gasteiger partial charge < -0.3 is 0 Å². The molecule has 0 saturated heterocycles. The third kappa shape index (κ3) is 4.54. The summed E-state index contributed by atoms with van der Waals surface area (Å²) in [5, 5.41) is 0.787. The van der Waals surface area contributed by atoms with E-state index in [0.717, 1.165) is 5.19 Å². The van der Waals surface area contributed by atoms with E-state index in [1.807, 2.05) is 12.1 Å². The molecule has 1 aromatic carbocycles. The average molecular weight is 341 g/mol. The minimum absolute atomic E-state index is 0.0511. The van der Waals surface area contributed by atoms with Gasteiger partial charge in [0.15, 0.2) is 0 Å². The maximum atomic E-state index is 11.8. The Hall–Kier alpha value is -0.913. The van der Waals surface area contributed by atoms with E-state index >= 15 is 0 Å². The largest absolute Gasteiger partial charge is 0.294 e. The van der Waals surface area contributed by atoms with Crippen molar-refractivity contribution in [3.05, 3.63) is 30.3 Å². The van der Waals surface area contributed by atoms with Crippen LogP contribution in [0.1, 0.15) is 47.1 Å². The summed E-state index contributed by atoms with van der Waals surface area (Å²) in [4.78, 5) is 0.0511. The number of benzene rings is 1. The fourth-order valence-corrected chi connectivity index (χ4v) is 7.34. The van der Waals surface area contributed by atoms with Crippen molar-refractivity contribution in [1.29, 1.82) is 0 Å². The predicted molar refractivity (Wildman–Crippen MR) is 97.2 cm³/mol. The summed E-state index contributed by atoms with van der Waals surface area (Å²) in [6, 6.07) is 5.36. The third-order valence-corrected chi connectivity index (χ3v) is 9.28. The summed E-state index contributed by atoms with van der Waals surface area (Å²) < 4.78 is 33.3. The monoisotopic (exact) mass is 340 g/mol. The molecule has 1 rings (SSSR count). The van der Waals surface area contributed by atoms with Crippen molar-refractivity contribution in [3.8, 4) is 0 Å². The molecule has 0 fully saturated rings. The van der Waals surface area contributed by atoms with Gasteiger partial charge in [-0.15, -0.1) is 0 Å². The van der Waals surface area contributed by atoms with E-state index < -0.39 is 19.6 Å². The first-order valence-electron chi connectivity index (χ1n) is 7.50. The smallest absolute Gasteiger partial charge is 0.282 e. The fourth-order valence-electron chi connectivity index (χ4n) is 3.37. The minimum Gasteiger partial charge on any atom is -0.282 e. The van der Waals surface area contributed by atoms with Crippen LogP contribution in [0.2, 0.25) is 5.54 Å². The summed E-state index contributed by atoms with van der Waals surface area (Å²) >= 11 is 0. The third-order valence-electron chi connectivity index (χ3n) is 4.12. The molecule has 0 radical (unpaired) electrons. The van der Waals surface area contributed by atoms with E-state index in [4.69, 9.17) is 0 Å². The van der Waals surface area contributed by atoms with Crippen LogP contribution < -0.4 is 5.19 Å². The molecule has 0 spiro atoms. The molecule has 0 unspecified atom stereocenters.